The molecule has 1 saturated carbocycles. The molecule has 0 amide bonds. The van der Waals surface area contributed by atoms with Gasteiger partial charge in [-0.2, -0.15) is 4.99 Å². The van der Waals surface area contributed by atoms with Gasteiger partial charge in [0.05, 0.1) is 0 Å². The number of hydrogen-bond acceptors (Lipinski definition) is 2. The Morgan fingerprint density at radius 3 is 2.40 bits per heavy atom. The van der Waals surface area contributed by atoms with E-state index in [4.69, 9.17) is 0 Å². The molecule has 0 unspecified atom stereocenters. The highest BCUT2D eigenvalue weighted by Crippen LogP contribution is 2.52. The van der Waals surface area contributed by atoms with Gasteiger partial charge in [0.1, 0.15) is 11.2 Å². The molecule has 0 aromatic heterocycles. The average molecular weight is 205 g/mol. The molecule has 1 aromatic carbocycles. The van der Waals surface area contributed by atoms with Crippen LogP contribution in [0.5, 0.6) is 0 Å². The van der Waals surface area contributed by atoms with E-state index in [0.29, 0.717) is 0 Å². The van der Waals surface area contributed by atoms with Gasteiger partial charge in [-0.3, -0.25) is 0 Å². The van der Waals surface area contributed by atoms with Crippen LogP contribution in [0, 0.1) is 0 Å². The molecule has 0 bridgehead atoms. The Hall–Kier alpha value is -1.47. The summed E-state index contributed by atoms with van der Waals surface area (Å²) in [5.41, 5.74) is -0.994. The third-order valence-electron chi connectivity index (χ3n) is 2.89. The van der Waals surface area contributed by atoms with Gasteiger partial charge in [0.25, 0.3) is 0 Å². The van der Waals surface area contributed by atoms with Gasteiger partial charge in [-0.1, -0.05) is 30.3 Å². The number of benzene rings is 1. The summed E-state index contributed by atoms with van der Waals surface area (Å²) in [6.45, 7) is 1.54. The van der Waals surface area contributed by atoms with Crippen LogP contribution in [0.3, 0.4) is 0 Å². The van der Waals surface area contributed by atoms with Gasteiger partial charge in [0.2, 0.25) is 6.08 Å². The van der Waals surface area contributed by atoms with Crippen LogP contribution in [0.15, 0.2) is 35.3 Å². The van der Waals surface area contributed by atoms with Crippen LogP contribution in [-0.4, -0.2) is 11.7 Å². The second kappa shape index (κ2) is 3.28. The van der Waals surface area contributed by atoms with E-state index >= 15 is 0 Å². The zero-order valence-electron chi connectivity index (χ0n) is 8.53. The highest BCUT2D eigenvalue weighted by molar-refractivity contribution is 5.40. The van der Waals surface area contributed by atoms with Crippen molar-refractivity contribution in [3.05, 3.63) is 35.9 Å². The molecule has 78 valence electrons. The Kier molecular flexibility index (Phi) is 2.20. The Morgan fingerprint density at radius 2 is 1.93 bits per heavy atom. The highest BCUT2D eigenvalue weighted by Gasteiger charge is 2.54. The van der Waals surface area contributed by atoms with E-state index < -0.39 is 11.2 Å². The van der Waals surface area contributed by atoms with Gasteiger partial charge >= 0.3 is 0 Å². The lowest BCUT2D eigenvalue weighted by atomic mass is 9.64. The molecular weight excluding hydrogens is 193 g/mol. The van der Waals surface area contributed by atoms with Crippen LogP contribution in [0.25, 0.3) is 0 Å². The monoisotopic (exact) mass is 205 g/mol. The molecule has 0 heterocycles. The maximum Gasteiger partial charge on any atom is 0.235 e. The third-order valence-corrected chi connectivity index (χ3v) is 2.89. The van der Waals surface area contributed by atoms with Crippen LogP contribution >= 0.6 is 0 Å². The number of rotatable bonds is 2. The van der Waals surface area contributed by atoms with Crippen molar-refractivity contribution >= 4 is 6.08 Å². The molecule has 0 aliphatic heterocycles. The summed E-state index contributed by atoms with van der Waals surface area (Å²) < 4.78 is 13.5. The first kappa shape index (κ1) is 10.1. The van der Waals surface area contributed by atoms with Crippen LogP contribution in [0.4, 0.5) is 4.39 Å². The number of aliphatic imine (C=N–C) groups is 1. The van der Waals surface area contributed by atoms with E-state index in [-0.39, 0.29) is 12.8 Å². The van der Waals surface area contributed by atoms with Crippen molar-refractivity contribution in [2.45, 2.75) is 31.0 Å². The van der Waals surface area contributed by atoms with Crippen molar-refractivity contribution in [3.8, 4) is 0 Å². The van der Waals surface area contributed by atoms with Gasteiger partial charge in [-0.15, -0.1) is 0 Å². The molecule has 0 saturated heterocycles. The van der Waals surface area contributed by atoms with E-state index in [1.807, 2.05) is 30.3 Å². The van der Waals surface area contributed by atoms with Crippen LogP contribution in [-0.2, 0) is 10.3 Å². The molecule has 1 aliphatic carbocycles. The average Bonchev–Trinajstić information content (AvgIpc) is 2.16. The topological polar surface area (TPSA) is 29.4 Å². The minimum Gasteiger partial charge on any atom is -0.244 e. The van der Waals surface area contributed by atoms with Crippen molar-refractivity contribution in [3.63, 3.8) is 0 Å². The fraction of sp³-hybridized carbons (Fsp3) is 0.417. The second-order valence-corrected chi connectivity index (χ2v) is 4.37. The Balaban J connectivity index is 2.35. The van der Waals surface area contributed by atoms with Gasteiger partial charge in [-0.05, 0) is 12.5 Å². The number of carbonyl (C=O) groups excluding carboxylic acids is 1. The minimum absolute atomic E-state index is 0.263. The predicted molar refractivity (Wildman–Crippen MR) is 55.0 cm³/mol. The largest absolute Gasteiger partial charge is 0.244 e. The van der Waals surface area contributed by atoms with Crippen LogP contribution in [0.1, 0.15) is 25.3 Å². The Bertz CT molecular complexity index is 399. The summed E-state index contributed by atoms with van der Waals surface area (Å²) in [5, 5.41) is 0. The van der Waals surface area contributed by atoms with Crippen LogP contribution in [0.2, 0.25) is 0 Å². The fourth-order valence-corrected chi connectivity index (χ4v) is 2.35. The normalized spacial score (nSPS) is 34.0. The molecule has 3 heteroatoms. The fourth-order valence-electron chi connectivity index (χ4n) is 2.35. The first-order chi connectivity index (χ1) is 7.08. The van der Waals surface area contributed by atoms with Crippen molar-refractivity contribution in [1.82, 2.24) is 0 Å². The molecule has 0 radical (unpaired) electrons. The predicted octanol–water partition coefficient (Wildman–Crippen LogP) is 2.74. The number of halogens is 1. The van der Waals surface area contributed by atoms with E-state index in [0.717, 1.165) is 5.56 Å². The number of hydrogen-bond donors (Lipinski definition) is 0. The minimum atomic E-state index is -1.21. The lowest BCUT2D eigenvalue weighted by Gasteiger charge is -2.46. The van der Waals surface area contributed by atoms with Crippen LogP contribution < -0.4 is 0 Å². The summed E-state index contributed by atoms with van der Waals surface area (Å²) in [5.74, 6) is 0. The zero-order valence-corrected chi connectivity index (χ0v) is 8.53. The van der Waals surface area contributed by atoms with E-state index in [1.54, 1.807) is 6.08 Å². The standard InChI is InChI=1S/C12H12FNO/c1-11(13)7-12(8-11,14-9-15)10-5-3-2-4-6-10/h2-6H,7-8H2,1H3. The molecule has 15 heavy (non-hydrogen) atoms. The Labute approximate surface area is 87.8 Å². The zero-order chi connectivity index (χ0) is 10.9. The molecule has 1 fully saturated rings. The Morgan fingerprint density at radius 1 is 1.33 bits per heavy atom. The first-order valence-electron chi connectivity index (χ1n) is 4.92. The second-order valence-electron chi connectivity index (χ2n) is 4.37. The van der Waals surface area contributed by atoms with Crippen molar-refractivity contribution < 1.29 is 9.18 Å². The van der Waals surface area contributed by atoms with Gasteiger partial charge < -0.3 is 0 Å². The molecule has 2 rings (SSSR count). The summed E-state index contributed by atoms with van der Waals surface area (Å²) in [6.07, 6.45) is 2.08. The summed E-state index contributed by atoms with van der Waals surface area (Å²) >= 11 is 0. The maximum atomic E-state index is 13.5. The number of isocyanates is 1. The molecule has 1 aliphatic rings. The van der Waals surface area contributed by atoms with Crippen molar-refractivity contribution in [2.75, 3.05) is 0 Å². The van der Waals surface area contributed by atoms with E-state index in [2.05, 4.69) is 4.99 Å². The lowest BCUT2D eigenvalue weighted by molar-refractivity contribution is 0.00285. The molecule has 0 N–H and O–H groups in total. The molecule has 0 atom stereocenters. The summed E-state index contributed by atoms with van der Waals surface area (Å²) in [6, 6.07) is 9.36. The van der Waals surface area contributed by atoms with E-state index in [9.17, 15) is 9.18 Å². The SMILES string of the molecule is CC1(F)CC(N=C=O)(c2ccccc2)C1. The number of nitrogens with zero attached hydrogens (tertiary/aromatic N) is 1. The molecule has 1 aromatic rings. The smallest absolute Gasteiger partial charge is 0.235 e. The quantitative estimate of drug-likeness (QED) is 0.539. The first-order valence-corrected chi connectivity index (χ1v) is 4.92. The molecular formula is C12H12FNO. The van der Waals surface area contributed by atoms with Gasteiger partial charge in [0, 0.05) is 12.8 Å². The van der Waals surface area contributed by atoms with Crippen molar-refractivity contribution in [2.24, 2.45) is 4.99 Å². The van der Waals surface area contributed by atoms with Gasteiger partial charge in [0.15, 0.2) is 0 Å². The summed E-state index contributed by atoms with van der Waals surface area (Å²) in [4.78, 5) is 14.2. The highest BCUT2D eigenvalue weighted by atomic mass is 19.1. The molecule has 2 nitrogen and oxygen atoms in total. The number of alkyl halides is 1. The lowest BCUT2D eigenvalue weighted by Crippen LogP contribution is -2.48. The maximum absolute atomic E-state index is 13.5. The molecule has 0 spiro atoms. The third kappa shape index (κ3) is 1.71. The van der Waals surface area contributed by atoms with Crippen molar-refractivity contribution in [1.29, 1.82) is 0 Å². The van der Waals surface area contributed by atoms with Gasteiger partial charge in [-0.25, -0.2) is 9.18 Å². The van der Waals surface area contributed by atoms with E-state index in [1.165, 1.54) is 6.92 Å². The summed E-state index contributed by atoms with van der Waals surface area (Å²) in [7, 11) is 0.